The molecule has 30 heavy (non-hydrogen) atoms. The van der Waals surface area contributed by atoms with E-state index in [0.29, 0.717) is 37.2 Å². The first-order chi connectivity index (χ1) is 14.4. The summed E-state index contributed by atoms with van der Waals surface area (Å²) in [5, 5.41) is 7.61. The van der Waals surface area contributed by atoms with Crippen LogP contribution in [0.1, 0.15) is 37.0 Å². The predicted molar refractivity (Wildman–Crippen MR) is 109 cm³/mol. The van der Waals surface area contributed by atoms with Crippen LogP contribution in [0.5, 0.6) is 0 Å². The summed E-state index contributed by atoms with van der Waals surface area (Å²) in [6.07, 6.45) is 2.67. The number of halogens is 1. The molecule has 1 aliphatic rings. The molecule has 3 atom stereocenters. The number of aromatic nitrogens is 5. The van der Waals surface area contributed by atoms with E-state index in [9.17, 15) is 8.42 Å². The molecule has 0 spiro atoms. The molecule has 1 saturated heterocycles. The summed E-state index contributed by atoms with van der Waals surface area (Å²) in [5.74, 6) is 1.05. The van der Waals surface area contributed by atoms with Crippen LogP contribution in [0.3, 0.4) is 0 Å². The van der Waals surface area contributed by atoms with E-state index in [4.69, 9.17) is 25.8 Å². The largest absolute Gasteiger partial charge is 0.383 e. The lowest BCUT2D eigenvalue weighted by atomic mass is 10.1. The standard InChI is InChI=1S/C17H25ClN6O5S/c1-11(14(28-3)15-19-8-13(18)9-20-15)30(25,26)23-17-22-21-16(12-4-6-29-10-12)24(17)5-7-27-2/h8-9,11-12,14H,4-7,10H2,1-3H3,(H,22,23)/t11-,12?,14-/m0/s1. The van der Waals surface area contributed by atoms with Gasteiger partial charge < -0.3 is 14.2 Å². The molecule has 0 amide bonds. The molecule has 2 aromatic rings. The number of hydrogen-bond donors (Lipinski definition) is 1. The molecule has 3 rings (SSSR count). The Morgan fingerprint density at radius 1 is 1.33 bits per heavy atom. The van der Waals surface area contributed by atoms with Gasteiger partial charge in [0.2, 0.25) is 16.0 Å². The minimum atomic E-state index is -3.92. The van der Waals surface area contributed by atoms with Gasteiger partial charge in [0.25, 0.3) is 0 Å². The van der Waals surface area contributed by atoms with Crippen molar-refractivity contribution >= 4 is 27.6 Å². The summed E-state index contributed by atoms with van der Waals surface area (Å²) in [5.41, 5.74) is 0. The highest BCUT2D eigenvalue weighted by Gasteiger charge is 2.35. The van der Waals surface area contributed by atoms with Crippen molar-refractivity contribution in [2.24, 2.45) is 0 Å². The van der Waals surface area contributed by atoms with Crippen molar-refractivity contribution in [2.45, 2.75) is 37.2 Å². The van der Waals surface area contributed by atoms with Gasteiger partial charge in [-0.3, -0.25) is 9.29 Å². The smallest absolute Gasteiger partial charge is 0.240 e. The van der Waals surface area contributed by atoms with Crippen molar-refractivity contribution in [1.29, 1.82) is 0 Å². The molecular formula is C17H25ClN6O5S. The zero-order valence-electron chi connectivity index (χ0n) is 17.0. The molecule has 0 saturated carbocycles. The molecule has 2 aromatic heterocycles. The molecule has 0 radical (unpaired) electrons. The van der Waals surface area contributed by atoms with E-state index in [1.54, 1.807) is 11.7 Å². The number of hydrogen-bond acceptors (Lipinski definition) is 9. The highest BCUT2D eigenvalue weighted by Crippen LogP contribution is 2.28. The Kier molecular flexibility index (Phi) is 7.58. The average Bonchev–Trinajstić information content (AvgIpc) is 3.38. The molecular weight excluding hydrogens is 436 g/mol. The van der Waals surface area contributed by atoms with Gasteiger partial charge in [0.15, 0.2) is 5.82 Å². The van der Waals surface area contributed by atoms with Crippen LogP contribution in [0.4, 0.5) is 5.95 Å². The maximum absolute atomic E-state index is 13.1. The van der Waals surface area contributed by atoms with Gasteiger partial charge in [0.1, 0.15) is 17.2 Å². The van der Waals surface area contributed by atoms with Gasteiger partial charge in [-0.25, -0.2) is 18.4 Å². The zero-order valence-corrected chi connectivity index (χ0v) is 18.6. The monoisotopic (exact) mass is 460 g/mol. The van der Waals surface area contributed by atoms with Crippen LogP contribution in [-0.4, -0.2) is 72.4 Å². The maximum Gasteiger partial charge on any atom is 0.240 e. The quantitative estimate of drug-likeness (QED) is 0.558. The Hall–Kier alpha value is -1.86. The van der Waals surface area contributed by atoms with E-state index in [2.05, 4.69) is 24.9 Å². The fourth-order valence-corrected chi connectivity index (χ4v) is 4.44. The number of methoxy groups -OCH3 is 2. The van der Waals surface area contributed by atoms with E-state index in [1.807, 2.05) is 0 Å². The third kappa shape index (κ3) is 5.06. The van der Waals surface area contributed by atoms with Gasteiger partial charge in [-0.05, 0) is 13.3 Å². The van der Waals surface area contributed by atoms with Gasteiger partial charge in [-0.15, -0.1) is 10.2 Å². The van der Waals surface area contributed by atoms with Crippen LogP contribution in [-0.2, 0) is 30.8 Å². The lowest BCUT2D eigenvalue weighted by Crippen LogP contribution is -2.33. The summed E-state index contributed by atoms with van der Waals surface area (Å²) in [6.45, 7) is 3.44. The first-order valence-electron chi connectivity index (χ1n) is 9.39. The van der Waals surface area contributed by atoms with Gasteiger partial charge >= 0.3 is 0 Å². The van der Waals surface area contributed by atoms with E-state index < -0.39 is 21.4 Å². The number of rotatable bonds is 10. The topological polar surface area (TPSA) is 130 Å². The molecule has 0 aliphatic carbocycles. The Labute approximate surface area is 180 Å². The number of nitrogens with one attached hydrogen (secondary N) is 1. The van der Waals surface area contributed by atoms with Gasteiger partial charge in [0.05, 0.1) is 24.8 Å². The van der Waals surface area contributed by atoms with Crippen LogP contribution >= 0.6 is 11.6 Å². The Bertz CT molecular complexity index is 933. The van der Waals surface area contributed by atoms with Gasteiger partial charge in [-0.2, -0.15) is 0 Å². The van der Waals surface area contributed by atoms with Crippen molar-refractivity contribution in [2.75, 3.05) is 38.8 Å². The van der Waals surface area contributed by atoms with Crippen LogP contribution < -0.4 is 4.72 Å². The predicted octanol–water partition coefficient (Wildman–Crippen LogP) is 1.39. The molecule has 1 unspecified atom stereocenters. The average molecular weight is 461 g/mol. The molecule has 1 N–H and O–H groups in total. The number of ether oxygens (including phenoxy) is 3. The summed E-state index contributed by atoms with van der Waals surface area (Å²) >= 11 is 5.82. The highest BCUT2D eigenvalue weighted by atomic mass is 35.5. The van der Waals surface area contributed by atoms with E-state index >= 15 is 0 Å². The lowest BCUT2D eigenvalue weighted by Gasteiger charge is -2.22. The van der Waals surface area contributed by atoms with Crippen LogP contribution in [0.15, 0.2) is 12.4 Å². The SMILES string of the molecule is COCCn1c(NS(=O)(=O)[C@@H](C)[C@H](OC)c2ncc(Cl)cn2)nnc1C1CCOC1. The lowest BCUT2D eigenvalue weighted by molar-refractivity contribution is 0.0950. The third-order valence-electron chi connectivity index (χ3n) is 4.89. The number of sulfonamides is 1. The van der Waals surface area contributed by atoms with E-state index in [1.165, 1.54) is 26.4 Å². The summed E-state index contributed by atoms with van der Waals surface area (Å²) in [7, 11) is -0.954. The van der Waals surface area contributed by atoms with Gasteiger partial charge in [0, 0.05) is 39.1 Å². The normalized spacial score (nSPS) is 19.0. The second-order valence-electron chi connectivity index (χ2n) is 6.85. The number of nitrogens with zero attached hydrogens (tertiary/aromatic N) is 5. The molecule has 0 bridgehead atoms. The third-order valence-corrected chi connectivity index (χ3v) is 6.78. The first-order valence-corrected chi connectivity index (χ1v) is 11.3. The maximum atomic E-state index is 13.1. The molecule has 1 fully saturated rings. The molecule has 1 aliphatic heterocycles. The summed E-state index contributed by atoms with van der Waals surface area (Å²) < 4.78 is 46.4. The van der Waals surface area contributed by atoms with Gasteiger partial charge in [-0.1, -0.05) is 11.6 Å². The van der Waals surface area contributed by atoms with Crippen molar-refractivity contribution in [1.82, 2.24) is 24.7 Å². The second kappa shape index (κ2) is 9.96. The first kappa shape index (κ1) is 22.8. The molecule has 3 heterocycles. The summed E-state index contributed by atoms with van der Waals surface area (Å²) in [4.78, 5) is 8.16. The minimum absolute atomic E-state index is 0.0548. The van der Waals surface area contributed by atoms with Crippen molar-refractivity contribution in [3.05, 3.63) is 29.1 Å². The highest BCUT2D eigenvalue weighted by molar-refractivity contribution is 7.93. The van der Waals surface area contributed by atoms with Crippen molar-refractivity contribution < 1.29 is 22.6 Å². The van der Waals surface area contributed by atoms with Crippen LogP contribution in [0.2, 0.25) is 5.02 Å². The number of anilines is 1. The zero-order chi connectivity index (χ0) is 21.7. The van der Waals surface area contributed by atoms with Crippen LogP contribution in [0.25, 0.3) is 0 Å². The van der Waals surface area contributed by atoms with E-state index in [-0.39, 0.29) is 17.7 Å². The van der Waals surface area contributed by atoms with Crippen molar-refractivity contribution in [3.63, 3.8) is 0 Å². The van der Waals surface area contributed by atoms with Crippen molar-refractivity contribution in [3.8, 4) is 0 Å². The fourth-order valence-electron chi connectivity index (χ4n) is 3.19. The molecule has 11 nitrogen and oxygen atoms in total. The summed E-state index contributed by atoms with van der Waals surface area (Å²) in [6, 6.07) is 0. The molecule has 166 valence electrons. The molecule has 13 heteroatoms. The Morgan fingerprint density at radius 3 is 2.67 bits per heavy atom. The Balaban J connectivity index is 1.85. The van der Waals surface area contributed by atoms with E-state index in [0.717, 1.165) is 6.42 Å². The molecule has 0 aromatic carbocycles. The fraction of sp³-hybridized carbons (Fsp3) is 0.647. The van der Waals surface area contributed by atoms with Crippen LogP contribution in [0, 0.1) is 0 Å². The second-order valence-corrected chi connectivity index (χ2v) is 9.33. The minimum Gasteiger partial charge on any atom is -0.383 e. The Morgan fingerprint density at radius 2 is 2.07 bits per heavy atom.